The van der Waals surface area contributed by atoms with E-state index in [0.29, 0.717) is 0 Å². The lowest BCUT2D eigenvalue weighted by molar-refractivity contribution is -0.129. The van der Waals surface area contributed by atoms with Gasteiger partial charge in [-0.05, 0) is 37.1 Å². The fourth-order valence-corrected chi connectivity index (χ4v) is 3.51. The van der Waals surface area contributed by atoms with Crippen LogP contribution < -0.4 is 0 Å². The minimum absolute atomic E-state index is 0.133. The fraction of sp³-hybridized carbons (Fsp3) is 0.238. The number of likely N-dealkylation sites (N-methyl/N-ethyl adjacent to an activating group) is 1. The lowest BCUT2D eigenvalue weighted by Crippen LogP contribution is -2.24. The summed E-state index contributed by atoms with van der Waals surface area (Å²) in [7, 11) is 1.85. The number of allylic oxidation sites excluding steroid dienone is 1. The molecule has 0 aliphatic carbocycles. The highest BCUT2D eigenvalue weighted by molar-refractivity contribution is 5.87. The minimum atomic E-state index is -0.208. The summed E-state index contributed by atoms with van der Waals surface area (Å²) in [5, 5.41) is 0. The number of aromatic nitrogens is 2. The van der Waals surface area contributed by atoms with Crippen molar-refractivity contribution in [3.05, 3.63) is 66.5 Å². The summed E-state index contributed by atoms with van der Waals surface area (Å²) in [6.07, 6.45) is 6.23. The van der Waals surface area contributed by atoms with E-state index in [1.54, 1.807) is 17.5 Å². The van der Waals surface area contributed by atoms with E-state index in [1.807, 2.05) is 67.1 Å². The summed E-state index contributed by atoms with van der Waals surface area (Å²) in [5.41, 5.74) is 3.89. The van der Waals surface area contributed by atoms with Gasteiger partial charge in [-0.2, -0.15) is 0 Å². The Kier molecular flexibility index (Phi) is 4.21. The van der Waals surface area contributed by atoms with Gasteiger partial charge in [0.25, 0.3) is 0 Å². The Balaban J connectivity index is 1.85. The topological polar surface area (TPSA) is 51.3 Å². The fourth-order valence-electron chi connectivity index (χ4n) is 3.51. The molecule has 4 rings (SSSR count). The van der Waals surface area contributed by atoms with Crippen LogP contribution in [0.15, 0.2) is 59.5 Å². The Labute approximate surface area is 152 Å². The highest BCUT2D eigenvalue weighted by atomic mass is 16.3. The molecule has 0 N–H and O–H groups in total. The molecule has 1 saturated heterocycles. The number of hydrogen-bond donors (Lipinski definition) is 0. The quantitative estimate of drug-likeness (QED) is 0.714. The van der Waals surface area contributed by atoms with E-state index in [9.17, 15) is 4.79 Å². The Morgan fingerprint density at radius 3 is 2.69 bits per heavy atom. The third-order valence-corrected chi connectivity index (χ3v) is 4.85. The van der Waals surface area contributed by atoms with Crippen LogP contribution in [0.25, 0.3) is 22.9 Å². The molecular formula is C21H21N3O2. The van der Waals surface area contributed by atoms with Crippen LogP contribution in [-0.2, 0) is 4.79 Å². The molecular weight excluding hydrogens is 326 g/mol. The number of likely N-dealkylation sites (tertiary alicyclic amines) is 1. The number of hydrogen-bond acceptors (Lipinski definition) is 3. The molecule has 1 aromatic carbocycles. The summed E-state index contributed by atoms with van der Waals surface area (Å²) in [5.74, 6) is 0.915. The lowest BCUT2D eigenvalue weighted by atomic mass is 10.0. The van der Waals surface area contributed by atoms with E-state index in [2.05, 4.69) is 4.98 Å². The Morgan fingerprint density at radius 2 is 2.04 bits per heavy atom. The second kappa shape index (κ2) is 6.67. The predicted octanol–water partition coefficient (Wildman–Crippen LogP) is 4.11. The molecule has 1 aliphatic heterocycles. The van der Waals surface area contributed by atoms with Crippen LogP contribution in [0.4, 0.5) is 0 Å². The number of benzene rings is 1. The molecule has 26 heavy (non-hydrogen) atoms. The van der Waals surface area contributed by atoms with Crippen molar-refractivity contribution in [2.24, 2.45) is 0 Å². The van der Waals surface area contributed by atoms with Gasteiger partial charge in [0.05, 0.1) is 24.0 Å². The van der Waals surface area contributed by atoms with Crippen molar-refractivity contribution < 1.29 is 9.21 Å². The number of carbonyl (C=O) groups excluding carboxylic acids is 1. The first-order valence-electron chi connectivity index (χ1n) is 8.74. The van der Waals surface area contributed by atoms with Crippen molar-refractivity contribution >= 4 is 17.6 Å². The van der Waals surface area contributed by atoms with E-state index < -0.39 is 0 Å². The number of imidazole rings is 1. The van der Waals surface area contributed by atoms with Gasteiger partial charge in [-0.15, -0.1) is 0 Å². The molecule has 1 fully saturated rings. The number of amides is 1. The first kappa shape index (κ1) is 16.4. The Hall–Kier alpha value is -3.08. The van der Waals surface area contributed by atoms with Crippen LogP contribution >= 0.6 is 0 Å². The molecule has 5 nitrogen and oxygen atoms in total. The maximum atomic E-state index is 12.6. The highest BCUT2D eigenvalue weighted by Crippen LogP contribution is 2.34. The van der Waals surface area contributed by atoms with E-state index in [1.165, 1.54) is 0 Å². The van der Waals surface area contributed by atoms with E-state index in [0.717, 1.165) is 41.3 Å². The maximum Gasteiger partial charge on any atom is 0.245 e. The second-order valence-corrected chi connectivity index (χ2v) is 6.62. The first-order chi connectivity index (χ1) is 12.6. The van der Waals surface area contributed by atoms with E-state index in [4.69, 9.17) is 4.42 Å². The third kappa shape index (κ3) is 2.86. The molecule has 0 saturated carbocycles. The van der Waals surface area contributed by atoms with Gasteiger partial charge in [-0.1, -0.05) is 30.3 Å². The van der Waals surface area contributed by atoms with Gasteiger partial charge in [-0.25, -0.2) is 4.98 Å². The SMILES string of the molecule is C/C(=C\c1ccco1)c1c(-c2ccccc2)ncn1C1CCN(C)C1=O. The smallest absolute Gasteiger partial charge is 0.245 e. The van der Waals surface area contributed by atoms with Crippen LogP contribution in [0.5, 0.6) is 0 Å². The van der Waals surface area contributed by atoms with Crippen LogP contribution in [-0.4, -0.2) is 34.0 Å². The third-order valence-electron chi connectivity index (χ3n) is 4.85. The summed E-state index contributed by atoms with van der Waals surface area (Å²) in [6.45, 7) is 2.80. The highest BCUT2D eigenvalue weighted by Gasteiger charge is 2.33. The number of rotatable bonds is 4. The first-order valence-corrected chi connectivity index (χ1v) is 8.74. The van der Waals surface area contributed by atoms with Gasteiger partial charge in [0, 0.05) is 19.2 Å². The molecule has 1 amide bonds. The molecule has 0 spiro atoms. The summed E-state index contributed by atoms with van der Waals surface area (Å²) < 4.78 is 7.49. The molecule has 1 aliphatic rings. The molecule has 0 bridgehead atoms. The lowest BCUT2D eigenvalue weighted by Gasteiger charge is -2.16. The van der Waals surface area contributed by atoms with Crippen molar-refractivity contribution in [3.63, 3.8) is 0 Å². The number of nitrogens with zero attached hydrogens (tertiary/aromatic N) is 3. The largest absolute Gasteiger partial charge is 0.465 e. The average Bonchev–Trinajstić information content (AvgIpc) is 3.37. The van der Waals surface area contributed by atoms with Crippen molar-refractivity contribution in [2.45, 2.75) is 19.4 Å². The zero-order valence-corrected chi connectivity index (χ0v) is 14.9. The predicted molar refractivity (Wildman–Crippen MR) is 101 cm³/mol. The Morgan fingerprint density at radius 1 is 1.23 bits per heavy atom. The zero-order valence-electron chi connectivity index (χ0n) is 14.9. The standard InChI is InChI=1S/C21H21N3O2/c1-15(13-17-9-6-12-26-17)20-19(16-7-4-3-5-8-16)22-14-24(20)18-10-11-23(2)21(18)25/h3-9,12-14,18H,10-11H2,1-2H3/b15-13+. The van der Waals surface area contributed by atoms with Gasteiger partial charge >= 0.3 is 0 Å². The molecule has 3 aromatic rings. The van der Waals surface area contributed by atoms with Crippen molar-refractivity contribution in [1.82, 2.24) is 14.5 Å². The van der Waals surface area contributed by atoms with Crippen LogP contribution in [0.1, 0.15) is 30.8 Å². The van der Waals surface area contributed by atoms with Gasteiger partial charge in [0.2, 0.25) is 5.91 Å². The Bertz CT molecular complexity index is 939. The number of furan rings is 1. The van der Waals surface area contributed by atoms with Crippen molar-refractivity contribution in [3.8, 4) is 11.3 Å². The van der Waals surface area contributed by atoms with Crippen LogP contribution in [0.2, 0.25) is 0 Å². The van der Waals surface area contributed by atoms with Gasteiger partial charge in [-0.3, -0.25) is 4.79 Å². The second-order valence-electron chi connectivity index (χ2n) is 6.62. The average molecular weight is 347 g/mol. The van der Waals surface area contributed by atoms with Crippen molar-refractivity contribution in [1.29, 1.82) is 0 Å². The summed E-state index contributed by atoms with van der Waals surface area (Å²) in [6, 6.07) is 13.6. The van der Waals surface area contributed by atoms with Gasteiger partial charge in [0.1, 0.15) is 11.8 Å². The van der Waals surface area contributed by atoms with Crippen LogP contribution in [0, 0.1) is 0 Å². The molecule has 3 heterocycles. The van der Waals surface area contributed by atoms with E-state index >= 15 is 0 Å². The zero-order chi connectivity index (χ0) is 18.1. The van der Waals surface area contributed by atoms with E-state index in [-0.39, 0.29) is 11.9 Å². The molecule has 2 aromatic heterocycles. The molecule has 1 atom stereocenters. The summed E-state index contributed by atoms with van der Waals surface area (Å²) >= 11 is 0. The molecule has 1 unspecified atom stereocenters. The normalized spacial score (nSPS) is 17.9. The molecule has 0 radical (unpaired) electrons. The van der Waals surface area contributed by atoms with Crippen LogP contribution in [0.3, 0.4) is 0 Å². The molecule has 5 heteroatoms. The monoisotopic (exact) mass is 347 g/mol. The minimum Gasteiger partial charge on any atom is -0.465 e. The van der Waals surface area contributed by atoms with Gasteiger partial charge in [0.15, 0.2) is 0 Å². The number of carbonyl (C=O) groups is 1. The molecule has 132 valence electrons. The summed E-state index contributed by atoms with van der Waals surface area (Å²) in [4.78, 5) is 19.0. The maximum absolute atomic E-state index is 12.6. The van der Waals surface area contributed by atoms with Crippen molar-refractivity contribution in [2.75, 3.05) is 13.6 Å². The van der Waals surface area contributed by atoms with Gasteiger partial charge < -0.3 is 13.9 Å².